The second kappa shape index (κ2) is 4.89. The molecule has 0 aromatic heterocycles. The number of carbonyl (C=O) groups excluding carboxylic acids is 1. The molecule has 4 nitrogen and oxygen atoms in total. The van der Waals surface area contributed by atoms with Crippen LogP contribution in [0.3, 0.4) is 0 Å². The number of fused-ring (bicyclic) bond motifs is 1. The normalized spacial score (nSPS) is 24.8. The van der Waals surface area contributed by atoms with E-state index < -0.39 is 11.9 Å². The molecule has 1 aromatic carbocycles. The third kappa shape index (κ3) is 2.17. The topological polar surface area (TPSA) is 57.6 Å². The molecule has 0 bridgehead atoms. The highest BCUT2D eigenvalue weighted by molar-refractivity contribution is 5.97. The summed E-state index contributed by atoms with van der Waals surface area (Å²) in [5.41, 5.74) is 1.63. The number of aliphatic carboxylic acids is 1. The maximum atomic E-state index is 13.3. The summed E-state index contributed by atoms with van der Waals surface area (Å²) in [7, 11) is 0. The van der Waals surface area contributed by atoms with Crippen LogP contribution >= 0.6 is 0 Å². The fourth-order valence-electron chi connectivity index (χ4n) is 3.23. The highest BCUT2D eigenvalue weighted by Gasteiger charge is 2.37. The number of anilines is 1. The third-order valence-electron chi connectivity index (χ3n) is 4.34. The fourth-order valence-corrected chi connectivity index (χ4v) is 3.23. The van der Waals surface area contributed by atoms with Crippen LogP contribution in [0.1, 0.15) is 24.8 Å². The first-order chi connectivity index (χ1) is 9.56. The lowest BCUT2D eigenvalue weighted by Crippen LogP contribution is -2.34. The van der Waals surface area contributed by atoms with Gasteiger partial charge in [0.25, 0.3) is 0 Å². The molecule has 2 atom stereocenters. The summed E-state index contributed by atoms with van der Waals surface area (Å²) in [4.78, 5) is 25.1. The first-order valence-electron chi connectivity index (χ1n) is 6.89. The van der Waals surface area contributed by atoms with Crippen molar-refractivity contribution in [3.05, 3.63) is 29.6 Å². The van der Waals surface area contributed by atoms with Crippen molar-refractivity contribution in [1.82, 2.24) is 0 Å². The highest BCUT2D eigenvalue weighted by atomic mass is 19.1. The highest BCUT2D eigenvalue weighted by Crippen LogP contribution is 2.36. The van der Waals surface area contributed by atoms with Gasteiger partial charge in [0.1, 0.15) is 5.82 Å². The molecule has 1 aliphatic heterocycles. The van der Waals surface area contributed by atoms with Gasteiger partial charge in [-0.15, -0.1) is 0 Å². The van der Waals surface area contributed by atoms with Gasteiger partial charge in [-0.3, -0.25) is 9.59 Å². The van der Waals surface area contributed by atoms with E-state index in [0.29, 0.717) is 31.5 Å². The molecule has 1 saturated carbocycles. The quantitative estimate of drug-likeness (QED) is 0.901. The van der Waals surface area contributed by atoms with Crippen LogP contribution < -0.4 is 4.90 Å². The summed E-state index contributed by atoms with van der Waals surface area (Å²) < 4.78 is 13.3. The predicted molar refractivity (Wildman–Crippen MR) is 70.9 cm³/mol. The molecule has 106 valence electrons. The number of halogens is 1. The number of amides is 1. The fraction of sp³-hybridized carbons (Fsp3) is 0.467. The molecular formula is C15H16FNO3. The Labute approximate surface area is 116 Å². The van der Waals surface area contributed by atoms with Crippen LogP contribution in [0.5, 0.6) is 0 Å². The predicted octanol–water partition coefficient (Wildman–Crippen LogP) is 2.22. The Morgan fingerprint density at radius 3 is 2.70 bits per heavy atom. The number of hydrogen-bond donors (Lipinski definition) is 1. The smallest absolute Gasteiger partial charge is 0.306 e. The van der Waals surface area contributed by atoms with Gasteiger partial charge >= 0.3 is 5.97 Å². The number of carboxylic acids is 1. The van der Waals surface area contributed by atoms with Crippen molar-refractivity contribution in [2.24, 2.45) is 11.8 Å². The number of carbonyl (C=O) groups is 2. The van der Waals surface area contributed by atoms with Gasteiger partial charge in [0.05, 0.1) is 5.92 Å². The largest absolute Gasteiger partial charge is 0.481 e. The Kier molecular flexibility index (Phi) is 3.20. The van der Waals surface area contributed by atoms with Crippen LogP contribution in [0.15, 0.2) is 18.2 Å². The Bertz CT molecular complexity index is 572. The monoisotopic (exact) mass is 277 g/mol. The van der Waals surface area contributed by atoms with Crippen LogP contribution in [0.2, 0.25) is 0 Å². The van der Waals surface area contributed by atoms with Crippen LogP contribution in [-0.4, -0.2) is 23.5 Å². The number of hydrogen-bond acceptors (Lipinski definition) is 2. The molecule has 1 N–H and O–H groups in total. The van der Waals surface area contributed by atoms with Crippen molar-refractivity contribution in [1.29, 1.82) is 0 Å². The summed E-state index contributed by atoms with van der Waals surface area (Å²) in [5.74, 6) is -1.89. The van der Waals surface area contributed by atoms with Gasteiger partial charge in [-0.2, -0.15) is 0 Å². The Morgan fingerprint density at radius 1 is 1.25 bits per heavy atom. The summed E-state index contributed by atoms with van der Waals surface area (Å²) in [6, 6.07) is 4.51. The van der Waals surface area contributed by atoms with Gasteiger partial charge in [0.2, 0.25) is 5.91 Å². The van der Waals surface area contributed by atoms with Crippen LogP contribution in [0.25, 0.3) is 0 Å². The van der Waals surface area contributed by atoms with Crippen molar-refractivity contribution in [2.75, 3.05) is 11.4 Å². The molecule has 0 radical (unpaired) electrons. The van der Waals surface area contributed by atoms with Gasteiger partial charge in [0.15, 0.2) is 0 Å². The van der Waals surface area contributed by atoms with E-state index in [0.717, 1.165) is 12.0 Å². The molecule has 1 aliphatic carbocycles. The maximum Gasteiger partial charge on any atom is 0.306 e. The van der Waals surface area contributed by atoms with Crippen LogP contribution in [-0.2, 0) is 16.0 Å². The van der Waals surface area contributed by atoms with Crippen molar-refractivity contribution in [2.45, 2.75) is 25.7 Å². The molecule has 1 fully saturated rings. The molecule has 1 heterocycles. The molecule has 2 aliphatic rings. The zero-order valence-electron chi connectivity index (χ0n) is 11.0. The van der Waals surface area contributed by atoms with E-state index in [9.17, 15) is 14.0 Å². The molecule has 20 heavy (non-hydrogen) atoms. The molecule has 1 aromatic rings. The maximum absolute atomic E-state index is 13.3. The zero-order chi connectivity index (χ0) is 14.3. The van der Waals surface area contributed by atoms with E-state index in [2.05, 4.69) is 0 Å². The van der Waals surface area contributed by atoms with E-state index in [-0.39, 0.29) is 17.6 Å². The van der Waals surface area contributed by atoms with Crippen LogP contribution in [0.4, 0.5) is 10.1 Å². The molecular weight excluding hydrogens is 261 g/mol. The zero-order valence-corrected chi connectivity index (χ0v) is 11.0. The van der Waals surface area contributed by atoms with Gasteiger partial charge in [0, 0.05) is 18.2 Å². The lowest BCUT2D eigenvalue weighted by Gasteiger charge is -2.21. The molecule has 0 saturated heterocycles. The van der Waals surface area contributed by atoms with Gasteiger partial charge in [-0.1, -0.05) is 6.07 Å². The first-order valence-corrected chi connectivity index (χ1v) is 6.89. The minimum atomic E-state index is -0.826. The minimum Gasteiger partial charge on any atom is -0.481 e. The SMILES string of the molecule is O=C(O)C1CCC(C(=O)N2CCc3ccc(F)cc32)C1. The number of nitrogens with zero attached hydrogens (tertiary/aromatic N) is 1. The summed E-state index contributed by atoms with van der Waals surface area (Å²) in [6.07, 6.45) is 2.29. The third-order valence-corrected chi connectivity index (χ3v) is 4.34. The summed E-state index contributed by atoms with van der Waals surface area (Å²) in [5, 5.41) is 9.00. The van der Waals surface area contributed by atoms with E-state index in [1.54, 1.807) is 11.0 Å². The van der Waals surface area contributed by atoms with E-state index >= 15 is 0 Å². The molecule has 0 spiro atoms. The van der Waals surface area contributed by atoms with Crippen molar-refractivity contribution in [3.8, 4) is 0 Å². The van der Waals surface area contributed by atoms with Gasteiger partial charge in [-0.25, -0.2) is 4.39 Å². The first kappa shape index (κ1) is 13.1. The lowest BCUT2D eigenvalue weighted by atomic mass is 10.0. The molecule has 1 amide bonds. The average molecular weight is 277 g/mol. The standard InChI is InChI=1S/C15H16FNO3/c16-12-4-3-9-5-6-17(13(9)8-12)14(18)10-1-2-11(7-10)15(19)20/h3-4,8,10-11H,1-2,5-7H2,(H,19,20). The van der Waals surface area contributed by atoms with E-state index in [1.807, 2.05) is 0 Å². The minimum absolute atomic E-state index is 0.0573. The Balaban J connectivity index is 1.77. The molecule has 2 unspecified atom stereocenters. The van der Waals surface area contributed by atoms with E-state index in [4.69, 9.17) is 5.11 Å². The average Bonchev–Trinajstić information content (AvgIpc) is 3.04. The van der Waals surface area contributed by atoms with Crippen LogP contribution in [0, 0.1) is 17.7 Å². The summed E-state index contributed by atoms with van der Waals surface area (Å²) in [6.45, 7) is 0.561. The lowest BCUT2D eigenvalue weighted by molar-refractivity contribution is -0.141. The van der Waals surface area contributed by atoms with Gasteiger partial charge in [-0.05, 0) is 43.4 Å². The Hall–Kier alpha value is -1.91. The van der Waals surface area contributed by atoms with E-state index in [1.165, 1.54) is 12.1 Å². The summed E-state index contributed by atoms with van der Waals surface area (Å²) >= 11 is 0. The number of rotatable bonds is 2. The number of carboxylic acid groups (broad SMARTS) is 1. The van der Waals surface area contributed by atoms with Crippen molar-refractivity contribution >= 4 is 17.6 Å². The van der Waals surface area contributed by atoms with Crippen molar-refractivity contribution in [3.63, 3.8) is 0 Å². The van der Waals surface area contributed by atoms with Crippen molar-refractivity contribution < 1.29 is 19.1 Å². The number of benzene rings is 1. The van der Waals surface area contributed by atoms with Gasteiger partial charge < -0.3 is 10.0 Å². The second-order valence-electron chi connectivity index (χ2n) is 5.56. The molecule has 3 rings (SSSR count). The second-order valence-corrected chi connectivity index (χ2v) is 5.56. The molecule has 5 heteroatoms. The Morgan fingerprint density at radius 2 is 2.00 bits per heavy atom.